The summed E-state index contributed by atoms with van der Waals surface area (Å²) in [4.78, 5) is 1.44. The van der Waals surface area contributed by atoms with Gasteiger partial charge >= 0.3 is 0 Å². The van der Waals surface area contributed by atoms with Crippen LogP contribution in [-0.2, 0) is 5.75 Å². The number of thiophene rings is 1. The quantitative estimate of drug-likeness (QED) is 0.554. The van der Waals surface area contributed by atoms with Gasteiger partial charge < -0.3 is 0 Å². The predicted octanol–water partition coefficient (Wildman–Crippen LogP) is 2.51. The third kappa shape index (κ3) is 2.73. The molecule has 3 heteroatoms. The third-order valence-electron chi connectivity index (χ3n) is 1.04. The minimum atomic E-state index is 1.04. The monoisotopic (exact) mass is 173 g/mol. The molecule has 56 valence electrons. The van der Waals surface area contributed by atoms with Gasteiger partial charge in [-0.1, -0.05) is 24.9 Å². The Morgan fingerprint density at radius 3 is 3.20 bits per heavy atom. The molecule has 0 atom stereocenters. The molecular weight excluding hydrogens is 162 g/mol. The molecule has 0 aliphatic rings. The van der Waals surface area contributed by atoms with Crippen LogP contribution in [0.15, 0.2) is 17.5 Å². The molecule has 1 heterocycles. The Kier molecular flexibility index (Phi) is 3.87. The lowest BCUT2D eigenvalue weighted by Crippen LogP contribution is -2.00. The van der Waals surface area contributed by atoms with E-state index in [0.717, 1.165) is 12.3 Å². The Bertz CT molecular complexity index is 160. The minimum absolute atomic E-state index is 1.04. The van der Waals surface area contributed by atoms with Gasteiger partial charge in [-0.3, -0.25) is 4.72 Å². The van der Waals surface area contributed by atoms with Crippen LogP contribution >= 0.6 is 23.3 Å². The van der Waals surface area contributed by atoms with E-state index in [4.69, 9.17) is 0 Å². The molecule has 0 saturated heterocycles. The van der Waals surface area contributed by atoms with Crippen LogP contribution in [-0.4, -0.2) is 6.54 Å². The molecule has 0 fully saturated rings. The maximum atomic E-state index is 3.21. The number of rotatable bonds is 4. The first kappa shape index (κ1) is 8.11. The summed E-state index contributed by atoms with van der Waals surface area (Å²) in [6.07, 6.45) is 0. The van der Waals surface area contributed by atoms with Gasteiger partial charge in [0.1, 0.15) is 0 Å². The van der Waals surface area contributed by atoms with Crippen molar-refractivity contribution in [2.24, 2.45) is 0 Å². The zero-order chi connectivity index (χ0) is 7.23. The van der Waals surface area contributed by atoms with Gasteiger partial charge in [-0.15, -0.1) is 11.3 Å². The maximum absolute atomic E-state index is 3.21. The first-order valence-electron chi connectivity index (χ1n) is 3.30. The van der Waals surface area contributed by atoms with Crippen LogP contribution in [0.4, 0.5) is 0 Å². The molecule has 0 aliphatic carbocycles. The molecule has 0 spiro atoms. The van der Waals surface area contributed by atoms with Crippen LogP contribution in [0.3, 0.4) is 0 Å². The van der Waals surface area contributed by atoms with Crippen molar-refractivity contribution in [3.8, 4) is 0 Å². The smallest absolute Gasteiger partial charge is 0.0424 e. The van der Waals surface area contributed by atoms with Crippen molar-refractivity contribution in [1.82, 2.24) is 4.72 Å². The Balaban J connectivity index is 2.15. The second-order valence-corrected chi connectivity index (χ2v) is 3.76. The summed E-state index contributed by atoms with van der Waals surface area (Å²) in [6.45, 7) is 3.15. The lowest BCUT2D eigenvalue weighted by atomic mass is 10.5. The van der Waals surface area contributed by atoms with Crippen molar-refractivity contribution < 1.29 is 0 Å². The first-order chi connectivity index (χ1) is 4.93. The highest BCUT2D eigenvalue weighted by Crippen LogP contribution is 2.14. The third-order valence-corrected chi connectivity index (χ3v) is 3.05. The SMILES string of the molecule is CCNSCc1cccs1. The average molecular weight is 173 g/mol. The van der Waals surface area contributed by atoms with Gasteiger partial charge in [-0.25, -0.2) is 0 Å². The largest absolute Gasteiger partial charge is 0.264 e. The molecule has 1 nitrogen and oxygen atoms in total. The van der Waals surface area contributed by atoms with Gasteiger partial charge in [0.15, 0.2) is 0 Å². The van der Waals surface area contributed by atoms with E-state index < -0.39 is 0 Å². The normalized spacial score (nSPS) is 10.1. The van der Waals surface area contributed by atoms with Crippen molar-refractivity contribution >= 4 is 23.3 Å². The summed E-state index contributed by atoms with van der Waals surface area (Å²) in [5.41, 5.74) is 0. The molecule has 0 aliphatic heterocycles. The zero-order valence-electron chi connectivity index (χ0n) is 5.96. The van der Waals surface area contributed by atoms with Crippen molar-refractivity contribution in [2.45, 2.75) is 12.7 Å². The van der Waals surface area contributed by atoms with Crippen LogP contribution in [0.25, 0.3) is 0 Å². The lowest BCUT2D eigenvalue weighted by molar-refractivity contribution is 1.03. The van der Waals surface area contributed by atoms with Crippen LogP contribution in [0.2, 0.25) is 0 Å². The minimum Gasteiger partial charge on any atom is -0.264 e. The van der Waals surface area contributed by atoms with Gasteiger partial charge in [-0.2, -0.15) is 0 Å². The van der Waals surface area contributed by atoms with Crippen LogP contribution in [0.5, 0.6) is 0 Å². The Hall–Kier alpha value is 0.01000. The van der Waals surface area contributed by atoms with E-state index >= 15 is 0 Å². The molecule has 0 saturated carbocycles. The maximum Gasteiger partial charge on any atom is 0.0424 e. The topological polar surface area (TPSA) is 12.0 Å². The first-order valence-corrected chi connectivity index (χ1v) is 5.17. The molecule has 1 aromatic rings. The summed E-state index contributed by atoms with van der Waals surface area (Å²) < 4.78 is 3.21. The molecule has 1 rings (SSSR count). The zero-order valence-corrected chi connectivity index (χ0v) is 7.60. The van der Waals surface area contributed by atoms with Gasteiger partial charge in [0.05, 0.1) is 0 Å². The fourth-order valence-electron chi connectivity index (χ4n) is 0.619. The summed E-state index contributed by atoms with van der Waals surface area (Å²) in [6, 6.07) is 4.25. The van der Waals surface area contributed by atoms with Crippen LogP contribution in [0, 0.1) is 0 Å². The number of hydrogen-bond acceptors (Lipinski definition) is 3. The predicted molar refractivity (Wildman–Crippen MR) is 49.3 cm³/mol. The van der Waals surface area contributed by atoms with E-state index in [9.17, 15) is 0 Å². The molecular formula is C7H11NS2. The number of nitrogens with one attached hydrogen (secondary N) is 1. The molecule has 10 heavy (non-hydrogen) atoms. The Labute approximate surface area is 70.0 Å². The van der Waals surface area contributed by atoms with E-state index in [-0.39, 0.29) is 0 Å². The molecule has 1 aromatic heterocycles. The molecule has 0 aromatic carbocycles. The van der Waals surface area contributed by atoms with Crippen molar-refractivity contribution in [2.75, 3.05) is 6.54 Å². The molecule has 0 amide bonds. The average Bonchev–Trinajstić information content (AvgIpc) is 2.41. The van der Waals surface area contributed by atoms with E-state index in [2.05, 4.69) is 29.2 Å². The Morgan fingerprint density at radius 1 is 1.70 bits per heavy atom. The molecule has 0 radical (unpaired) electrons. The second-order valence-electron chi connectivity index (χ2n) is 1.87. The standard InChI is InChI=1S/C7H11NS2/c1-2-8-10-6-7-4-3-5-9-7/h3-5,8H,2,6H2,1H3. The van der Waals surface area contributed by atoms with E-state index in [1.807, 2.05) is 11.3 Å². The number of hydrogen-bond donors (Lipinski definition) is 1. The summed E-state index contributed by atoms with van der Waals surface area (Å²) in [5.74, 6) is 1.09. The van der Waals surface area contributed by atoms with Gasteiger partial charge in [0.2, 0.25) is 0 Å². The lowest BCUT2D eigenvalue weighted by Gasteiger charge is -1.96. The highest BCUT2D eigenvalue weighted by molar-refractivity contribution is 7.96. The van der Waals surface area contributed by atoms with Crippen LogP contribution in [0.1, 0.15) is 11.8 Å². The second kappa shape index (κ2) is 4.77. The molecule has 0 bridgehead atoms. The summed E-state index contributed by atoms with van der Waals surface area (Å²) in [5, 5.41) is 2.11. The van der Waals surface area contributed by atoms with Gasteiger partial charge in [0.25, 0.3) is 0 Å². The van der Waals surface area contributed by atoms with E-state index in [1.54, 1.807) is 11.9 Å². The van der Waals surface area contributed by atoms with E-state index in [1.165, 1.54) is 4.88 Å². The van der Waals surface area contributed by atoms with Crippen molar-refractivity contribution in [1.29, 1.82) is 0 Å². The molecule has 0 unspecified atom stereocenters. The van der Waals surface area contributed by atoms with E-state index in [0.29, 0.717) is 0 Å². The van der Waals surface area contributed by atoms with Gasteiger partial charge in [0, 0.05) is 17.2 Å². The Morgan fingerprint density at radius 2 is 2.60 bits per heavy atom. The van der Waals surface area contributed by atoms with Gasteiger partial charge in [-0.05, 0) is 11.4 Å². The summed E-state index contributed by atoms with van der Waals surface area (Å²) in [7, 11) is 0. The van der Waals surface area contributed by atoms with Crippen molar-refractivity contribution in [3.63, 3.8) is 0 Å². The van der Waals surface area contributed by atoms with Crippen molar-refractivity contribution in [3.05, 3.63) is 22.4 Å². The highest BCUT2D eigenvalue weighted by atomic mass is 32.2. The highest BCUT2D eigenvalue weighted by Gasteiger charge is 1.90. The van der Waals surface area contributed by atoms with Crippen LogP contribution < -0.4 is 4.72 Å². The fourth-order valence-corrected chi connectivity index (χ4v) is 2.10. The molecule has 1 N–H and O–H groups in total. The summed E-state index contributed by atoms with van der Waals surface area (Å²) >= 11 is 3.58. The fraction of sp³-hybridized carbons (Fsp3) is 0.429.